The van der Waals surface area contributed by atoms with E-state index in [0.29, 0.717) is 6.42 Å². The predicted molar refractivity (Wildman–Crippen MR) is 132 cm³/mol. The first-order valence-corrected chi connectivity index (χ1v) is 11.8. The third kappa shape index (κ3) is 7.57. The lowest BCUT2D eigenvalue weighted by molar-refractivity contribution is -0.162. The summed E-state index contributed by atoms with van der Waals surface area (Å²) in [5.74, 6) is -3.62. The zero-order valence-electron chi connectivity index (χ0n) is 20.8. The molecule has 1 saturated heterocycles. The molecule has 13 heteroatoms. The SMILES string of the molecule is COC(=O)[C@@H]1OB([C@H](CC(C)C)NC(=O)[C@H](Cc2ccccc2)NC(=O)c2cnccn2)OC(=O)[C@H]1N. The van der Waals surface area contributed by atoms with Crippen molar-refractivity contribution < 1.29 is 33.2 Å². The van der Waals surface area contributed by atoms with E-state index in [2.05, 4.69) is 20.6 Å². The third-order valence-electron chi connectivity index (χ3n) is 5.63. The molecule has 0 spiro atoms. The minimum Gasteiger partial charge on any atom is -0.507 e. The van der Waals surface area contributed by atoms with Gasteiger partial charge in [0.05, 0.1) is 19.2 Å². The standard InChI is InChI=1S/C24H30BN5O7/c1-14(2)11-18(25-36-20(24(34)35-3)19(26)23(33)37-25)30-21(31)16(12-15-7-5-4-6-8-15)29-22(32)17-13-27-9-10-28-17/h4-10,13-14,16,18-20H,11-12,26H2,1-3H3,(H,29,32)(H,30,31)/t16-,18-,19-,20+/m0/s1. The van der Waals surface area contributed by atoms with Gasteiger partial charge in [-0.15, -0.1) is 0 Å². The molecule has 2 heterocycles. The number of hydrogen-bond acceptors (Lipinski definition) is 10. The van der Waals surface area contributed by atoms with Crippen molar-refractivity contribution in [3.8, 4) is 0 Å². The Morgan fingerprint density at radius 2 is 1.89 bits per heavy atom. The number of ether oxygens (including phenoxy) is 1. The molecule has 1 fully saturated rings. The van der Waals surface area contributed by atoms with Crippen molar-refractivity contribution in [2.45, 2.75) is 50.8 Å². The Hall–Kier alpha value is -3.84. The molecular formula is C24H30BN5O7. The summed E-state index contributed by atoms with van der Waals surface area (Å²) in [6.45, 7) is 3.81. The predicted octanol–water partition coefficient (Wildman–Crippen LogP) is -0.182. The van der Waals surface area contributed by atoms with Gasteiger partial charge in [-0.3, -0.25) is 19.4 Å². The summed E-state index contributed by atoms with van der Waals surface area (Å²) in [5.41, 5.74) is 6.61. The van der Waals surface area contributed by atoms with Gasteiger partial charge in [0, 0.05) is 18.8 Å². The number of nitrogens with zero attached hydrogens (tertiary/aromatic N) is 2. The van der Waals surface area contributed by atoms with E-state index in [9.17, 15) is 19.2 Å². The third-order valence-corrected chi connectivity index (χ3v) is 5.63. The maximum atomic E-state index is 13.5. The zero-order chi connectivity index (χ0) is 26.9. The van der Waals surface area contributed by atoms with Crippen molar-refractivity contribution in [1.82, 2.24) is 20.6 Å². The van der Waals surface area contributed by atoms with Crippen LogP contribution in [0.15, 0.2) is 48.9 Å². The lowest BCUT2D eigenvalue weighted by Gasteiger charge is -2.34. The molecule has 4 atom stereocenters. The second kappa shape index (κ2) is 12.9. The number of methoxy groups -OCH3 is 1. The molecule has 2 aromatic rings. The van der Waals surface area contributed by atoms with Crippen LogP contribution in [0.5, 0.6) is 0 Å². The summed E-state index contributed by atoms with van der Waals surface area (Å²) in [7, 11) is -0.148. The molecular weight excluding hydrogens is 481 g/mol. The van der Waals surface area contributed by atoms with Gasteiger partial charge in [0.25, 0.3) is 5.91 Å². The van der Waals surface area contributed by atoms with E-state index in [1.54, 1.807) is 0 Å². The maximum absolute atomic E-state index is 13.5. The summed E-state index contributed by atoms with van der Waals surface area (Å²) < 4.78 is 15.7. The summed E-state index contributed by atoms with van der Waals surface area (Å²) in [6, 6.07) is 6.76. The summed E-state index contributed by atoms with van der Waals surface area (Å²) in [5, 5.41) is 5.52. The van der Waals surface area contributed by atoms with Crippen LogP contribution in [0.4, 0.5) is 0 Å². The van der Waals surface area contributed by atoms with Crippen molar-refractivity contribution >= 4 is 30.9 Å². The number of hydrogen-bond donors (Lipinski definition) is 3. The van der Waals surface area contributed by atoms with Crippen LogP contribution in [0, 0.1) is 5.92 Å². The summed E-state index contributed by atoms with van der Waals surface area (Å²) in [6.07, 6.45) is 3.22. The molecule has 0 radical (unpaired) electrons. The van der Waals surface area contributed by atoms with Crippen molar-refractivity contribution in [2.75, 3.05) is 7.11 Å². The molecule has 0 aliphatic carbocycles. The number of nitrogens with one attached hydrogen (secondary N) is 2. The molecule has 1 aliphatic rings. The van der Waals surface area contributed by atoms with Crippen LogP contribution in [-0.2, 0) is 34.9 Å². The van der Waals surface area contributed by atoms with Crippen molar-refractivity contribution in [3.05, 3.63) is 60.2 Å². The summed E-state index contributed by atoms with van der Waals surface area (Å²) in [4.78, 5) is 58.6. The number of nitrogens with two attached hydrogens (primary N) is 1. The van der Waals surface area contributed by atoms with E-state index < -0.39 is 55.0 Å². The van der Waals surface area contributed by atoms with Crippen LogP contribution < -0.4 is 16.4 Å². The number of carbonyl (C=O) groups excluding carboxylic acids is 4. The Bertz CT molecular complexity index is 1090. The van der Waals surface area contributed by atoms with Gasteiger partial charge in [-0.25, -0.2) is 9.78 Å². The van der Waals surface area contributed by atoms with Crippen LogP contribution in [0.25, 0.3) is 0 Å². The first-order chi connectivity index (χ1) is 17.7. The number of amides is 2. The van der Waals surface area contributed by atoms with E-state index in [-0.39, 0.29) is 18.0 Å². The zero-order valence-corrected chi connectivity index (χ0v) is 20.8. The number of aromatic nitrogens is 2. The average molecular weight is 511 g/mol. The molecule has 0 unspecified atom stereocenters. The van der Waals surface area contributed by atoms with Crippen LogP contribution in [-0.4, -0.2) is 72.1 Å². The molecule has 0 saturated carbocycles. The van der Waals surface area contributed by atoms with Crippen LogP contribution in [0.2, 0.25) is 0 Å². The fraction of sp³-hybridized carbons (Fsp3) is 0.417. The monoisotopic (exact) mass is 511 g/mol. The second-order valence-corrected chi connectivity index (χ2v) is 8.96. The smallest absolute Gasteiger partial charge is 0.507 e. The molecule has 1 aromatic carbocycles. The molecule has 12 nitrogen and oxygen atoms in total. The fourth-order valence-electron chi connectivity index (χ4n) is 3.81. The van der Waals surface area contributed by atoms with Crippen molar-refractivity contribution in [3.63, 3.8) is 0 Å². The Balaban J connectivity index is 1.82. The van der Waals surface area contributed by atoms with Crippen LogP contribution in [0.1, 0.15) is 36.3 Å². The van der Waals surface area contributed by atoms with E-state index in [1.165, 1.54) is 18.6 Å². The Kier molecular flexibility index (Phi) is 9.69. The molecule has 1 aliphatic heterocycles. The molecule has 4 N–H and O–H groups in total. The highest BCUT2D eigenvalue weighted by atomic mass is 16.7. The number of esters is 1. The largest absolute Gasteiger partial charge is 0.552 e. The normalized spacial score (nSPS) is 18.9. The first-order valence-electron chi connectivity index (χ1n) is 11.8. The van der Waals surface area contributed by atoms with Gasteiger partial charge in [-0.05, 0) is 17.9 Å². The van der Waals surface area contributed by atoms with Gasteiger partial charge in [0.15, 0.2) is 6.10 Å². The van der Waals surface area contributed by atoms with E-state index >= 15 is 0 Å². The van der Waals surface area contributed by atoms with Crippen molar-refractivity contribution in [1.29, 1.82) is 0 Å². The summed E-state index contributed by atoms with van der Waals surface area (Å²) >= 11 is 0. The highest BCUT2D eigenvalue weighted by Gasteiger charge is 2.49. The van der Waals surface area contributed by atoms with Gasteiger partial charge in [0.1, 0.15) is 17.8 Å². The minimum atomic E-state index is -1.39. The van der Waals surface area contributed by atoms with E-state index in [0.717, 1.165) is 12.7 Å². The fourth-order valence-corrected chi connectivity index (χ4v) is 3.81. The minimum absolute atomic E-state index is 0.0431. The number of rotatable bonds is 10. The van der Waals surface area contributed by atoms with Crippen molar-refractivity contribution in [2.24, 2.45) is 11.7 Å². The highest BCUT2D eigenvalue weighted by Crippen LogP contribution is 2.19. The topological polar surface area (TPSA) is 172 Å². The molecule has 2 amide bonds. The molecule has 0 bridgehead atoms. The number of carbonyl (C=O) groups is 4. The molecule has 196 valence electrons. The lowest BCUT2D eigenvalue weighted by Crippen LogP contribution is -2.64. The van der Waals surface area contributed by atoms with E-state index in [1.807, 2.05) is 44.2 Å². The van der Waals surface area contributed by atoms with Gasteiger partial charge in [0.2, 0.25) is 5.91 Å². The quantitative estimate of drug-likeness (QED) is 0.287. The Morgan fingerprint density at radius 3 is 2.51 bits per heavy atom. The lowest BCUT2D eigenvalue weighted by atomic mass is 9.72. The van der Waals surface area contributed by atoms with Gasteiger partial charge < -0.3 is 30.4 Å². The first kappa shape index (κ1) is 27.7. The van der Waals surface area contributed by atoms with Gasteiger partial charge in [-0.1, -0.05) is 44.2 Å². The molecule has 1 aromatic heterocycles. The highest BCUT2D eigenvalue weighted by molar-refractivity contribution is 6.50. The Morgan fingerprint density at radius 1 is 1.16 bits per heavy atom. The molecule has 37 heavy (non-hydrogen) atoms. The van der Waals surface area contributed by atoms with E-state index in [4.69, 9.17) is 19.8 Å². The maximum Gasteiger partial charge on any atom is 0.552 e. The Labute approximate surface area is 214 Å². The van der Waals surface area contributed by atoms with Crippen LogP contribution >= 0.6 is 0 Å². The second-order valence-electron chi connectivity index (χ2n) is 8.96. The average Bonchev–Trinajstić information content (AvgIpc) is 2.89. The van der Waals surface area contributed by atoms with Gasteiger partial charge >= 0.3 is 19.1 Å². The molecule has 3 rings (SSSR count). The number of benzene rings is 1. The van der Waals surface area contributed by atoms with Gasteiger partial charge in [-0.2, -0.15) is 0 Å². The van der Waals surface area contributed by atoms with Crippen LogP contribution in [0.3, 0.4) is 0 Å².